The summed E-state index contributed by atoms with van der Waals surface area (Å²) < 4.78 is 76.4. The van der Waals surface area contributed by atoms with Crippen LogP contribution in [0.15, 0.2) is 36.7 Å². The van der Waals surface area contributed by atoms with Gasteiger partial charge < -0.3 is 15.0 Å². The van der Waals surface area contributed by atoms with E-state index in [1.165, 1.54) is 18.5 Å². The quantitative estimate of drug-likeness (QED) is 0.317. The lowest BCUT2D eigenvalue weighted by molar-refractivity contribution is 0.341. The first kappa shape index (κ1) is 21.1. The lowest BCUT2D eigenvalue weighted by Crippen LogP contribution is -2.25. The maximum Gasteiger partial charge on any atom is 0.228 e. The van der Waals surface area contributed by atoms with Gasteiger partial charge in [0.2, 0.25) is 17.6 Å². The summed E-state index contributed by atoms with van der Waals surface area (Å²) in [5.41, 5.74) is 3.54. The Morgan fingerprint density at radius 3 is 2.65 bits per heavy atom. The highest BCUT2D eigenvalue weighted by molar-refractivity contribution is 7.92. The number of hydrogen-bond acceptors (Lipinski definition) is 7. The van der Waals surface area contributed by atoms with Crippen LogP contribution in [0, 0.1) is 17.5 Å². The highest BCUT2D eigenvalue weighted by Gasteiger charge is 2.48. The van der Waals surface area contributed by atoms with Gasteiger partial charge in [0.15, 0.2) is 34.5 Å². The molecule has 1 atom stereocenters. The van der Waals surface area contributed by atoms with E-state index in [1.54, 1.807) is 12.1 Å². The van der Waals surface area contributed by atoms with Gasteiger partial charge in [-0.2, -0.15) is 4.39 Å². The fourth-order valence-corrected chi connectivity index (χ4v) is 3.95. The molecule has 0 radical (unpaired) electrons. The second-order valence-corrected chi connectivity index (χ2v) is 8.04. The van der Waals surface area contributed by atoms with Crippen LogP contribution in [0.5, 0.6) is 11.6 Å². The number of benzene rings is 1. The van der Waals surface area contributed by atoms with Gasteiger partial charge in [-0.3, -0.25) is 0 Å². The molecule has 1 unspecified atom stereocenters. The van der Waals surface area contributed by atoms with Crippen molar-refractivity contribution in [1.29, 1.82) is 0 Å². The normalized spacial score (nSPS) is 15.4. The Labute approximate surface area is 177 Å². The van der Waals surface area contributed by atoms with Crippen LogP contribution in [0.3, 0.4) is 0 Å². The van der Waals surface area contributed by atoms with Crippen molar-refractivity contribution in [1.82, 2.24) is 15.0 Å². The molecule has 0 aliphatic heterocycles. The molecule has 0 spiro atoms. The number of nitrogens with two attached hydrogens (primary N) is 1. The molecular weight excluding hydrogens is 438 g/mol. The molecule has 31 heavy (non-hydrogen) atoms. The van der Waals surface area contributed by atoms with Gasteiger partial charge in [-0.15, -0.1) is 0 Å². The summed E-state index contributed by atoms with van der Waals surface area (Å²) in [6.07, 6.45) is 3.16. The third-order valence-electron chi connectivity index (χ3n) is 4.45. The summed E-state index contributed by atoms with van der Waals surface area (Å²) >= 11 is -2.13. The van der Waals surface area contributed by atoms with E-state index in [1.807, 2.05) is 4.72 Å². The summed E-state index contributed by atoms with van der Waals surface area (Å²) in [5, 5.41) is 0. The third kappa shape index (κ3) is 4.64. The van der Waals surface area contributed by atoms with Gasteiger partial charge in [0.05, 0.1) is 22.6 Å². The van der Waals surface area contributed by atoms with Crippen molar-refractivity contribution in [2.24, 2.45) is 0 Å². The lowest BCUT2D eigenvalue weighted by atomic mass is 10.2. The van der Waals surface area contributed by atoms with Gasteiger partial charge in [-0.25, -0.2) is 32.8 Å². The molecule has 0 bridgehead atoms. The molecule has 2 heterocycles. The Morgan fingerprint density at radius 1 is 1.16 bits per heavy atom. The van der Waals surface area contributed by atoms with Crippen LogP contribution >= 0.6 is 0 Å². The van der Waals surface area contributed by atoms with Crippen molar-refractivity contribution in [2.75, 3.05) is 16.2 Å². The van der Waals surface area contributed by atoms with Crippen LogP contribution < -0.4 is 15.2 Å². The number of ether oxygens (including phenoxy) is 1. The average Bonchev–Trinajstić information content (AvgIpc) is 3.46. The van der Waals surface area contributed by atoms with E-state index in [2.05, 4.69) is 15.0 Å². The monoisotopic (exact) mass is 453 g/mol. The number of nitrogen functional groups attached to an aromatic ring is 1. The number of aromatic nitrogens is 3. The van der Waals surface area contributed by atoms with Crippen LogP contribution in [0.25, 0.3) is 11.3 Å². The highest BCUT2D eigenvalue weighted by atomic mass is 32.2. The number of nitrogens with zero attached hydrogens (tertiary/aromatic N) is 3. The largest absolute Gasteiger partial charge is 0.593 e. The Bertz CT molecular complexity index is 1130. The summed E-state index contributed by atoms with van der Waals surface area (Å²) in [6, 6.07) is 5.17. The molecule has 4 rings (SSSR count). The van der Waals surface area contributed by atoms with Crippen molar-refractivity contribution in [2.45, 2.75) is 18.5 Å². The predicted molar refractivity (Wildman–Crippen MR) is 106 cm³/mol. The van der Waals surface area contributed by atoms with Crippen LogP contribution in [0.1, 0.15) is 12.8 Å². The number of rotatable bonds is 7. The maximum atomic E-state index is 14.6. The molecule has 3 aromatic rings. The second-order valence-electron chi connectivity index (χ2n) is 6.86. The fraction of sp³-hybridized carbons (Fsp3) is 0.211. The minimum absolute atomic E-state index is 0.0275. The van der Waals surface area contributed by atoms with Gasteiger partial charge in [0.25, 0.3) is 0 Å². The molecule has 2 aromatic heterocycles. The Morgan fingerprint density at radius 2 is 1.94 bits per heavy atom. The van der Waals surface area contributed by atoms with Crippen LogP contribution in [0.4, 0.5) is 29.2 Å². The number of alkyl halides is 1. The summed E-state index contributed by atoms with van der Waals surface area (Å²) in [5.74, 6) is -5.93. The first-order valence-electron chi connectivity index (χ1n) is 8.99. The van der Waals surface area contributed by atoms with Crippen molar-refractivity contribution in [3.63, 3.8) is 0 Å². The van der Waals surface area contributed by atoms with Crippen molar-refractivity contribution in [3.05, 3.63) is 54.1 Å². The van der Waals surface area contributed by atoms with Gasteiger partial charge >= 0.3 is 0 Å². The number of pyridine rings is 1. The van der Waals surface area contributed by atoms with Gasteiger partial charge in [0, 0.05) is 18.5 Å². The fourth-order valence-electron chi connectivity index (χ4n) is 2.70. The minimum atomic E-state index is -2.13. The van der Waals surface area contributed by atoms with Gasteiger partial charge in [-0.05, 0) is 31.0 Å². The van der Waals surface area contributed by atoms with E-state index < -0.39 is 51.7 Å². The molecule has 7 nitrogen and oxygen atoms in total. The molecule has 162 valence electrons. The standard InChI is InChI=1S/C19H15F4N5O2S/c20-11-8-13(14(21)15(22)16(11)28-31(29)9-19(23)4-5-19)30-17-10(2-1-6-25-17)12-3-7-26-18(24)27-12/h1-3,6-8,28H,4-5,9H2,(H2,24,26,27). The van der Waals surface area contributed by atoms with E-state index in [-0.39, 0.29) is 30.2 Å². The van der Waals surface area contributed by atoms with Gasteiger partial charge in [0.1, 0.15) is 0 Å². The Hall–Kier alpha value is -3.12. The Balaban J connectivity index is 1.62. The first-order valence-corrected chi connectivity index (χ1v) is 10.3. The molecule has 1 aromatic carbocycles. The number of hydrogen-bond donors (Lipinski definition) is 2. The summed E-state index contributed by atoms with van der Waals surface area (Å²) in [7, 11) is 0. The smallest absolute Gasteiger partial charge is 0.228 e. The van der Waals surface area contributed by atoms with E-state index in [0.29, 0.717) is 11.8 Å². The molecular formula is C19H15F4N5O2S. The predicted octanol–water partition coefficient (Wildman–Crippen LogP) is 3.91. The van der Waals surface area contributed by atoms with Crippen molar-refractivity contribution in [3.8, 4) is 22.9 Å². The molecule has 1 fully saturated rings. The first-order chi connectivity index (χ1) is 14.8. The molecule has 0 amide bonds. The molecule has 1 saturated carbocycles. The zero-order valence-corrected chi connectivity index (χ0v) is 16.6. The van der Waals surface area contributed by atoms with Crippen LogP contribution in [-0.2, 0) is 11.4 Å². The van der Waals surface area contributed by atoms with Crippen LogP contribution in [0.2, 0.25) is 0 Å². The highest BCUT2D eigenvalue weighted by Crippen LogP contribution is 2.41. The van der Waals surface area contributed by atoms with E-state index in [9.17, 15) is 22.1 Å². The molecule has 1 aliphatic rings. The topological polar surface area (TPSA) is 109 Å². The third-order valence-corrected chi connectivity index (χ3v) is 5.66. The summed E-state index contributed by atoms with van der Waals surface area (Å²) in [6.45, 7) is 0. The van der Waals surface area contributed by atoms with E-state index in [0.717, 1.165) is 0 Å². The Kier molecular flexibility index (Phi) is 5.58. The summed E-state index contributed by atoms with van der Waals surface area (Å²) in [4.78, 5) is 11.7. The van der Waals surface area contributed by atoms with Crippen molar-refractivity contribution < 1.29 is 26.9 Å². The molecule has 1 aliphatic carbocycles. The number of nitrogens with one attached hydrogen (secondary N) is 1. The number of anilines is 2. The molecule has 3 N–H and O–H groups in total. The van der Waals surface area contributed by atoms with E-state index >= 15 is 0 Å². The second kappa shape index (κ2) is 8.19. The zero-order valence-electron chi connectivity index (χ0n) is 15.7. The molecule has 0 saturated heterocycles. The van der Waals surface area contributed by atoms with Gasteiger partial charge in [-0.1, -0.05) is 0 Å². The maximum absolute atomic E-state index is 14.6. The van der Waals surface area contributed by atoms with Crippen LogP contribution in [-0.4, -0.2) is 30.9 Å². The SMILES string of the molecule is Nc1nccc(-c2cccnc2Oc2cc(F)c(N[S+]([O-])CC3(F)CC3)c(F)c2F)n1. The van der Waals surface area contributed by atoms with Crippen molar-refractivity contribution >= 4 is 23.0 Å². The van der Waals surface area contributed by atoms with E-state index in [4.69, 9.17) is 10.5 Å². The number of halogens is 4. The average molecular weight is 453 g/mol. The zero-order chi connectivity index (χ0) is 22.2. The molecule has 12 heteroatoms. The lowest BCUT2D eigenvalue weighted by Gasteiger charge is -2.16. The minimum Gasteiger partial charge on any atom is -0.593 e.